The van der Waals surface area contributed by atoms with E-state index in [0.29, 0.717) is 13.2 Å². The van der Waals surface area contributed by atoms with Crippen LogP contribution in [-0.4, -0.2) is 25.5 Å². The summed E-state index contributed by atoms with van der Waals surface area (Å²) < 4.78 is 4.74. The van der Waals surface area contributed by atoms with Gasteiger partial charge in [0.2, 0.25) is 0 Å². The quantitative estimate of drug-likeness (QED) is 0.511. The van der Waals surface area contributed by atoms with Crippen LogP contribution < -0.4 is 5.73 Å². The highest BCUT2D eigenvalue weighted by Gasteiger charge is 1.94. The minimum Gasteiger partial charge on any atom is -0.383 e. The van der Waals surface area contributed by atoms with E-state index in [1.54, 1.807) is 7.11 Å². The molecule has 0 aliphatic rings. The summed E-state index contributed by atoms with van der Waals surface area (Å²) in [4.78, 5) is 0. The Bertz CT molecular complexity index is 42.7. The van der Waals surface area contributed by atoms with E-state index in [1.165, 1.54) is 0 Å². The molecule has 44 valence electrons. The Kier molecular flexibility index (Phi) is 4.60. The molecule has 0 heterocycles. The van der Waals surface area contributed by atoms with Gasteiger partial charge in [0.1, 0.15) is 0 Å². The fourth-order valence-electron chi connectivity index (χ4n) is 0.260. The molecule has 1 atom stereocenters. The van der Waals surface area contributed by atoms with Crippen molar-refractivity contribution < 1.29 is 4.74 Å². The van der Waals surface area contributed by atoms with Crippen LogP contribution in [0.25, 0.3) is 0 Å². The van der Waals surface area contributed by atoms with E-state index in [1.807, 2.05) is 0 Å². The van der Waals surface area contributed by atoms with Crippen LogP contribution in [-0.2, 0) is 4.74 Å². The van der Waals surface area contributed by atoms with Crippen molar-refractivity contribution in [1.82, 2.24) is 0 Å². The second-order valence-corrected chi connectivity index (χ2v) is 2.08. The monoisotopic (exact) mass is 121 g/mol. The lowest BCUT2D eigenvalue weighted by Crippen LogP contribution is -2.18. The molecule has 2 N–H and O–H groups in total. The lowest BCUT2D eigenvalue weighted by atomic mass is 10.4. The van der Waals surface area contributed by atoms with Crippen molar-refractivity contribution in [2.75, 3.05) is 20.3 Å². The van der Waals surface area contributed by atoms with Gasteiger partial charge in [-0.1, -0.05) is 0 Å². The molecule has 0 fully saturated rings. The number of hydrogen-bond donors (Lipinski definition) is 2. The first-order chi connectivity index (χ1) is 3.31. The average molecular weight is 121 g/mol. The first-order valence-corrected chi connectivity index (χ1v) is 2.70. The normalized spacial score (nSPS) is 14.1. The van der Waals surface area contributed by atoms with Gasteiger partial charge in [0, 0.05) is 18.9 Å². The predicted molar refractivity (Wildman–Crippen MR) is 33.7 cm³/mol. The summed E-state index contributed by atoms with van der Waals surface area (Å²) in [5.41, 5.74) is 5.20. The van der Waals surface area contributed by atoms with Gasteiger partial charge in [0.05, 0.1) is 6.61 Å². The molecule has 0 aromatic carbocycles. The van der Waals surface area contributed by atoms with Crippen molar-refractivity contribution in [3.8, 4) is 0 Å². The lowest BCUT2D eigenvalue weighted by Gasteiger charge is -2.02. The topological polar surface area (TPSA) is 35.2 Å². The standard InChI is InChI=1S/C4H11NOS/c1-6-3-4(7)2-5/h4,7H,2-3,5H2,1H3. The summed E-state index contributed by atoms with van der Waals surface area (Å²) in [7, 11) is 1.64. The summed E-state index contributed by atoms with van der Waals surface area (Å²) in [6.45, 7) is 1.22. The molecule has 1 unspecified atom stereocenters. The first kappa shape index (κ1) is 7.27. The minimum atomic E-state index is 0.199. The molecule has 2 nitrogen and oxygen atoms in total. The number of hydrogen-bond acceptors (Lipinski definition) is 3. The molecule has 0 saturated heterocycles. The maximum Gasteiger partial charge on any atom is 0.0590 e. The van der Waals surface area contributed by atoms with Crippen LogP contribution in [0.1, 0.15) is 0 Å². The van der Waals surface area contributed by atoms with Crippen molar-refractivity contribution in [3.05, 3.63) is 0 Å². The number of methoxy groups -OCH3 is 1. The second-order valence-electron chi connectivity index (χ2n) is 1.34. The Balaban J connectivity index is 2.83. The van der Waals surface area contributed by atoms with E-state index in [9.17, 15) is 0 Å². The zero-order valence-corrected chi connectivity index (χ0v) is 5.32. The molecule has 3 heteroatoms. The zero-order valence-electron chi connectivity index (χ0n) is 4.42. The Morgan fingerprint density at radius 2 is 2.43 bits per heavy atom. The molecule has 0 aromatic rings. The van der Waals surface area contributed by atoms with E-state index in [0.717, 1.165) is 0 Å². The van der Waals surface area contributed by atoms with E-state index < -0.39 is 0 Å². The fourth-order valence-corrected chi connectivity index (χ4v) is 0.409. The molecule has 7 heavy (non-hydrogen) atoms. The van der Waals surface area contributed by atoms with Crippen molar-refractivity contribution in [2.45, 2.75) is 5.25 Å². The molecular formula is C4H11NOS. The Morgan fingerprint density at radius 1 is 1.86 bits per heavy atom. The summed E-state index contributed by atoms with van der Waals surface area (Å²) in [5, 5.41) is 0.199. The Morgan fingerprint density at radius 3 is 2.57 bits per heavy atom. The third-order valence-electron chi connectivity index (χ3n) is 0.631. The molecule has 0 bridgehead atoms. The summed E-state index contributed by atoms with van der Waals surface area (Å²) in [6, 6.07) is 0. The van der Waals surface area contributed by atoms with Crippen LogP contribution in [0.4, 0.5) is 0 Å². The van der Waals surface area contributed by atoms with Crippen LogP contribution >= 0.6 is 12.6 Å². The van der Waals surface area contributed by atoms with Crippen molar-refractivity contribution in [3.63, 3.8) is 0 Å². The van der Waals surface area contributed by atoms with Crippen LogP contribution in [0.15, 0.2) is 0 Å². The van der Waals surface area contributed by atoms with Crippen LogP contribution in [0.2, 0.25) is 0 Å². The van der Waals surface area contributed by atoms with Gasteiger partial charge in [-0.25, -0.2) is 0 Å². The highest BCUT2D eigenvalue weighted by molar-refractivity contribution is 7.81. The third kappa shape index (κ3) is 4.12. The van der Waals surface area contributed by atoms with Crippen molar-refractivity contribution in [1.29, 1.82) is 0 Å². The predicted octanol–water partition coefficient (Wildman–Crippen LogP) is -0.110. The van der Waals surface area contributed by atoms with Crippen molar-refractivity contribution in [2.24, 2.45) is 5.73 Å². The maximum atomic E-state index is 5.20. The average Bonchev–Trinajstić information content (AvgIpc) is 1.68. The van der Waals surface area contributed by atoms with E-state index >= 15 is 0 Å². The van der Waals surface area contributed by atoms with E-state index in [-0.39, 0.29) is 5.25 Å². The molecule has 0 aromatic heterocycles. The van der Waals surface area contributed by atoms with Gasteiger partial charge < -0.3 is 10.5 Å². The van der Waals surface area contributed by atoms with Crippen LogP contribution in [0, 0.1) is 0 Å². The number of rotatable bonds is 3. The largest absolute Gasteiger partial charge is 0.383 e. The molecule has 0 aliphatic heterocycles. The first-order valence-electron chi connectivity index (χ1n) is 2.18. The molecule has 0 rings (SSSR count). The molecule has 0 amide bonds. The maximum absolute atomic E-state index is 5.20. The molecule has 0 saturated carbocycles. The summed E-state index contributed by atoms with van der Waals surface area (Å²) in [5.74, 6) is 0. The van der Waals surface area contributed by atoms with Gasteiger partial charge in [-0.15, -0.1) is 0 Å². The second kappa shape index (κ2) is 4.43. The highest BCUT2D eigenvalue weighted by Crippen LogP contribution is 1.89. The van der Waals surface area contributed by atoms with Gasteiger partial charge >= 0.3 is 0 Å². The Hall–Kier alpha value is 0.270. The smallest absolute Gasteiger partial charge is 0.0590 e. The summed E-state index contributed by atoms with van der Waals surface area (Å²) >= 11 is 4.06. The molecule has 0 radical (unpaired) electrons. The Labute approximate surface area is 49.4 Å². The molecule has 0 aliphatic carbocycles. The van der Waals surface area contributed by atoms with E-state index in [4.69, 9.17) is 10.5 Å². The fraction of sp³-hybridized carbons (Fsp3) is 1.00. The van der Waals surface area contributed by atoms with Crippen molar-refractivity contribution >= 4 is 12.6 Å². The third-order valence-corrected chi connectivity index (χ3v) is 0.991. The number of nitrogens with two attached hydrogens (primary N) is 1. The number of thiol groups is 1. The zero-order chi connectivity index (χ0) is 5.70. The van der Waals surface area contributed by atoms with Gasteiger partial charge in [-0.3, -0.25) is 0 Å². The number of ether oxygens (including phenoxy) is 1. The van der Waals surface area contributed by atoms with Gasteiger partial charge in [0.25, 0.3) is 0 Å². The molecule has 0 spiro atoms. The lowest BCUT2D eigenvalue weighted by molar-refractivity contribution is 0.201. The van der Waals surface area contributed by atoms with Gasteiger partial charge in [-0.2, -0.15) is 12.6 Å². The van der Waals surface area contributed by atoms with Gasteiger partial charge in [0.15, 0.2) is 0 Å². The highest BCUT2D eigenvalue weighted by atomic mass is 32.1. The van der Waals surface area contributed by atoms with Gasteiger partial charge in [-0.05, 0) is 0 Å². The summed E-state index contributed by atoms with van der Waals surface area (Å²) in [6.07, 6.45) is 0. The SMILES string of the molecule is COCC(S)CN. The van der Waals surface area contributed by atoms with Crippen LogP contribution in [0.5, 0.6) is 0 Å². The van der Waals surface area contributed by atoms with Crippen LogP contribution in [0.3, 0.4) is 0 Å². The minimum absolute atomic E-state index is 0.199. The van der Waals surface area contributed by atoms with E-state index in [2.05, 4.69) is 12.6 Å². The molecular weight excluding hydrogens is 110 g/mol.